The average Bonchev–Trinajstić information content (AvgIpc) is 3.27. The molecule has 4 rings (SSSR count). The summed E-state index contributed by atoms with van der Waals surface area (Å²) >= 11 is 0. The lowest BCUT2D eigenvalue weighted by molar-refractivity contribution is -0.160. The highest BCUT2D eigenvalue weighted by Gasteiger charge is 2.45. The second-order valence-electron chi connectivity index (χ2n) is 8.38. The Morgan fingerprint density at radius 1 is 1.16 bits per heavy atom. The smallest absolute Gasteiger partial charge is 0.314 e. The molecule has 0 unspecified atom stereocenters. The van der Waals surface area contributed by atoms with E-state index in [1.54, 1.807) is 30.0 Å². The van der Waals surface area contributed by atoms with Gasteiger partial charge in [0.25, 0.3) is 0 Å². The fourth-order valence-electron chi connectivity index (χ4n) is 4.52. The zero-order chi connectivity index (χ0) is 22.6. The predicted molar refractivity (Wildman–Crippen MR) is 116 cm³/mol. The molecule has 0 N–H and O–H groups in total. The van der Waals surface area contributed by atoms with Crippen LogP contribution in [0.3, 0.4) is 0 Å². The Morgan fingerprint density at radius 3 is 2.78 bits per heavy atom. The second kappa shape index (κ2) is 9.59. The monoisotopic (exact) mass is 441 g/mol. The van der Waals surface area contributed by atoms with E-state index in [2.05, 4.69) is 0 Å². The van der Waals surface area contributed by atoms with Crippen molar-refractivity contribution in [3.05, 3.63) is 59.4 Å². The molecule has 0 spiro atoms. The van der Waals surface area contributed by atoms with Crippen molar-refractivity contribution >= 4 is 11.9 Å². The highest BCUT2D eigenvalue weighted by molar-refractivity contribution is 5.81. The van der Waals surface area contributed by atoms with Gasteiger partial charge < -0.3 is 19.1 Å². The molecule has 1 fully saturated rings. The number of piperidine rings is 1. The van der Waals surface area contributed by atoms with E-state index in [0.29, 0.717) is 49.3 Å². The Labute approximate surface area is 187 Å². The third-order valence-corrected chi connectivity index (χ3v) is 6.19. The normalized spacial score (nSPS) is 19.6. The minimum atomic E-state index is -0.940. The first-order valence-corrected chi connectivity index (χ1v) is 11.1. The van der Waals surface area contributed by atoms with Crippen molar-refractivity contribution in [2.24, 2.45) is 5.41 Å². The van der Waals surface area contributed by atoms with Gasteiger partial charge in [-0.15, -0.1) is 0 Å². The van der Waals surface area contributed by atoms with Crippen molar-refractivity contribution in [3.63, 3.8) is 0 Å². The van der Waals surface area contributed by atoms with E-state index in [4.69, 9.17) is 14.2 Å². The molecule has 1 amide bonds. The molecule has 2 aromatic rings. The van der Waals surface area contributed by atoms with E-state index in [0.717, 1.165) is 5.56 Å². The maximum absolute atomic E-state index is 14.4. The van der Waals surface area contributed by atoms with Crippen molar-refractivity contribution in [1.29, 1.82) is 0 Å². The number of halogens is 1. The Bertz CT molecular complexity index is 994. The summed E-state index contributed by atoms with van der Waals surface area (Å²) in [7, 11) is 0. The standard InChI is InChI=1S/C25H28FNO5/c1-2-30-24(29)25(15-19-6-3-4-7-20(19)26)12-5-13-27(16-25)23(28)11-9-18-8-10-21-22(14-18)32-17-31-21/h3-4,6-8,10,14H,2,5,9,11-13,15-17H2,1H3/t25-/m0/s1. The van der Waals surface area contributed by atoms with E-state index < -0.39 is 5.41 Å². The van der Waals surface area contributed by atoms with E-state index in [1.165, 1.54) is 6.07 Å². The minimum Gasteiger partial charge on any atom is -0.466 e. The number of carbonyl (C=O) groups is 2. The summed E-state index contributed by atoms with van der Waals surface area (Å²) in [5.41, 5.74) is 0.517. The molecule has 2 aromatic carbocycles. The van der Waals surface area contributed by atoms with Crippen LogP contribution in [0.5, 0.6) is 11.5 Å². The van der Waals surface area contributed by atoms with Crippen LogP contribution in [-0.2, 0) is 27.2 Å². The molecule has 0 radical (unpaired) electrons. The Morgan fingerprint density at radius 2 is 1.97 bits per heavy atom. The van der Waals surface area contributed by atoms with Crippen molar-refractivity contribution in [2.45, 2.75) is 39.0 Å². The largest absolute Gasteiger partial charge is 0.466 e. The molecular weight excluding hydrogens is 413 g/mol. The lowest BCUT2D eigenvalue weighted by Gasteiger charge is -2.41. The lowest BCUT2D eigenvalue weighted by Crippen LogP contribution is -2.51. The van der Waals surface area contributed by atoms with E-state index >= 15 is 0 Å². The highest BCUT2D eigenvalue weighted by atomic mass is 19.1. The van der Waals surface area contributed by atoms with E-state index in [1.807, 2.05) is 18.2 Å². The highest BCUT2D eigenvalue weighted by Crippen LogP contribution is 2.37. The van der Waals surface area contributed by atoms with Gasteiger partial charge in [0, 0.05) is 19.5 Å². The molecule has 2 aliphatic heterocycles. The number of ether oxygens (including phenoxy) is 3. The summed E-state index contributed by atoms with van der Waals surface area (Å²) in [4.78, 5) is 27.8. The van der Waals surface area contributed by atoms with Crippen molar-refractivity contribution in [1.82, 2.24) is 4.90 Å². The van der Waals surface area contributed by atoms with Gasteiger partial charge in [-0.05, 0) is 61.9 Å². The number of fused-ring (bicyclic) bond motifs is 1. The molecule has 170 valence electrons. The van der Waals surface area contributed by atoms with Crippen LogP contribution >= 0.6 is 0 Å². The van der Waals surface area contributed by atoms with Crippen LogP contribution in [0, 0.1) is 11.2 Å². The number of aryl methyl sites for hydroxylation is 1. The zero-order valence-corrected chi connectivity index (χ0v) is 18.3. The predicted octanol–water partition coefficient (Wildman–Crippen LogP) is 3.90. The quantitative estimate of drug-likeness (QED) is 0.610. The van der Waals surface area contributed by atoms with Crippen LogP contribution in [0.1, 0.15) is 37.3 Å². The molecule has 0 aliphatic carbocycles. The first-order valence-electron chi connectivity index (χ1n) is 11.1. The third-order valence-electron chi connectivity index (χ3n) is 6.19. The van der Waals surface area contributed by atoms with Crippen molar-refractivity contribution in [3.8, 4) is 11.5 Å². The number of carbonyl (C=O) groups excluding carboxylic acids is 2. The summed E-state index contributed by atoms with van der Waals surface area (Å²) in [5.74, 6) is 0.672. The molecule has 1 saturated heterocycles. The maximum Gasteiger partial charge on any atom is 0.314 e. The number of rotatable bonds is 7. The average molecular weight is 441 g/mol. The fraction of sp³-hybridized carbons (Fsp3) is 0.440. The van der Waals surface area contributed by atoms with Gasteiger partial charge in [0.05, 0.1) is 12.0 Å². The van der Waals surface area contributed by atoms with Gasteiger partial charge in [0.15, 0.2) is 11.5 Å². The number of hydrogen-bond donors (Lipinski definition) is 0. The van der Waals surface area contributed by atoms with Crippen molar-refractivity contribution in [2.75, 3.05) is 26.5 Å². The topological polar surface area (TPSA) is 65.1 Å². The molecular formula is C25H28FNO5. The summed E-state index contributed by atoms with van der Waals surface area (Å²) in [6.07, 6.45) is 2.32. The minimum absolute atomic E-state index is 0.0235. The number of likely N-dealkylation sites (tertiary alicyclic amines) is 1. The summed E-state index contributed by atoms with van der Waals surface area (Å²) in [6.45, 7) is 3.03. The summed E-state index contributed by atoms with van der Waals surface area (Å²) in [5, 5.41) is 0. The Kier molecular flexibility index (Phi) is 6.63. The first kappa shape index (κ1) is 22.1. The van der Waals surface area contributed by atoms with Crippen LogP contribution in [-0.4, -0.2) is 43.3 Å². The number of hydrogen-bond acceptors (Lipinski definition) is 5. The molecule has 0 bridgehead atoms. The van der Waals surface area contributed by atoms with E-state index in [9.17, 15) is 14.0 Å². The number of benzene rings is 2. The van der Waals surface area contributed by atoms with Crippen LogP contribution in [0.4, 0.5) is 4.39 Å². The molecule has 0 aromatic heterocycles. The molecule has 7 heteroatoms. The van der Waals surface area contributed by atoms with Crippen LogP contribution in [0.25, 0.3) is 0 Å². The van der Waals surface area contributed by atoms with Crippen LogP contribution in [0.15, 0.2) is 42.5 Å². The first-order chi connectivity index (χ1) is 15.5. The Hall–Kier alpha value is -3.09. The molecule has 2 heterocycles. The number of amides is 1. The van der Waals surface area contributed by atoms with Crippen LogP contribution in [0.2, 0.25) is 0 Å². The summed E-state index contributed by atoms with van der Waals surface area (Å²) in [6, 6.07) is 12.1. The Balaban J connectivity index is 1.46. The molecule has 0 saturated carbocycles. The fourth-order valence-corrected chi connectivity index (χ4v) is 4.52. The lowest BCUT2D eigenvalue weighted by atomic mass is 9.74. The van der Waals surface area contributed by atoms with Crippen molar-refractivity contribution < 1.29 is 28.2 Å². The van der Waals surface area contributed by atoms with Gasteiger partial charge >= 0.3 is 5.97 Å². The molecule has 2 aliphatic rings. The third kappa shape index (κ3) is 4.71. The second-order valence-corrected chi connectivity index (χ2v) is 8.38. The van der Waals surface area contributed by atoms with Gasteiger partial charge in [0.1, 0.15) is 5.82 Å². The van der Waals surface area contributed by atoms with Gasteiger partial charge in [-0.3, -0.25) is 9.59 Å². The van der Waals surface area contributed by atoms with Gasteiger partial charge in [-0.2, -0.15) is 0 Å². The van der Waals surface area contributed by atoms with Gasteiger partial charge in [-0.25, -0.2) is 4.39 Å². The SMILES string of the molecule is CCOC(=O)[C@]1(Cc2ccccc2F)CCCN(C(=O)CCc2ccc3c(c2)OCO3)C1. The molecule has 32 heavy (non-hydrogen) atoms. The summed E-state index contributed by atoms with van der Waals surface area (Å²) < 4.78 is 30.5. The zero-order valence-electron chi connectivity index (χ0n) is 18.3. The molecule has 6 nitrogen and oxygen atoms in total. The maximum atomic E-state index is 14.4. The number of esters is 1. The molecule has 1 atom stereocenters. The van der Waals surface area contributed by atoms with E-state index in [-0.39, 0.29) is 44.1 Å². The van der Waals surface area contributed by atoms with Gasteiger partial charge in [-0.1, -0.05) is 24.3 Å². The van der Waals surface area contributed by atoms with Crippen LogP contribution < -0.4 is 9.47 Å². The van der Waals surface area contributed by atoms with Gasteiger partial charge in [0.2, 0.25) is 12.7 Å². The number of nitrogens with zero attached hydrogens (tertiary/aromatic N) is 1.